The smallest absolute Gasteiger partial charge is 0.120 e. The summed E-state index contributed by atoms with van der Waals surface area (Å²) < 4.78 is 0. The van der Waals surface area contributed by atoms with Crippen LogP contribution in [0.1, 0.15) is 11.1 Å². The van der Waals surface area contributed by atoms with Crippen molar-refractivity contribution < 1.29 is 5.11 Å². The molecule has 2 N–H and O–H groups in total. The van der Waals surface area contributed by atoms with Crippen LogP contribution >= 0.6 is 23.2 Å². The molecular weight excluding hydrogens is 269 g/mol. The SMILES string of the molecule is Cc1ccc(NCc2cccc(Cl)c2Cl)cc1O. The van der Waals surface area contributed by atoms with Crippen molar-refractivity contribution in [3.05, 3.63) is 57.6 Å². The van der Waals surface area contributed by atoms with Crippen molar-refractivity contribution in [2.75, 3.05) is 5.32 Å². The molecule has 0 amide bonds. The number of phenolic OH excluding ortho intramolecular Hbond substituents is 1. The fourth-order valence-corrected chi connectivity index (χ4v) is 1.99. The zero-order valence-corrected chi connectivity index (χ0v) is 11.4. The van der Waals surface area contributed by atoms with E-state index in [0.29, 0.717) is 16.6 Å². The number of rotatable bonds is 3. The van der Waals surface area contributed by atoms with Gasteiger partial charge in [-0.3, -0.25) is 0 Å². The second-order valence-electron chi connectivity index (χ2n) is 4.07. The number of halogens is 2. The Morgan fingerprint density at radius 2 is 1.94 bits per heavy atom. The predicted molar refractivity (Wildman–Crippen MR) is 76.6 cm³/mol. The van der Waals surface area contributed by atoms with Crippen molar-refractivity contribution in [2.45, 2.75) is 13.5 Å². The van der Waals surface area contributed by atoms with Crippen LogP contribution in [0.25, 0.3) is 0 Å². The molecule has 18 heavy (non-hydrogen) atoms. The lowest BCUT2D eigenvalue weighted by atomic mass is 10.2. The van der Waals surface area contributed by atoms with E-state index in [1.807, 2.05) is 31.2 Å². The molecule has 0 heterocycles. The highest BCUT2D eigenvalue weighted by Crippen LogP contribution is 2.27. The van der Waals surface area contributed by atoms with Crippen LogP contribution < -0.4 is 5.32 Å². The molecule has 0 bridgehead atoms. The topological polar surface area (TPSA) is 32.3 Å². The van der Waals surface area contributed by atoms with Crippen molar-refractivity contribution in [1.29, 1.82) is 0 Å². The first-order valence-electron chi connectivity index (χ1n) is 5.54. The van der Waals surface area contributed by atoms with Gasteiger partial charge in [0.05, 0.1) is 10.0 Å². The third-order valence-electron chi connectivity index (χ3n) is 2.72. The van der Waals surface area contributed by atoms with E-state index < -0.39 is 0 Å². The first-order valence-corrected chi connectivity index (χ1v) is 6.30. The van der Waals surface area contributed by atoms with Gasteiger partial charge in [0.1, 0.15) is 5.75 Å². The molecule has 0 fully saturated rings. The molecule has 0 aliphatic rings. The van der Waals surface area contributed by atoms with Crippen molar-refractivity contribution in [3.63, 3.8) is 0 Å². The Kier molecular flexibility index (Phi) is 4.00. The standard InChI is InChI=1S/C14H13Cl2NO/c1-9-5-6-11(7-13(9)18)17-8-10-3-2-4-12(15)14(10)16/h2-7,17-18H,8H2,1H3. The number of hydrogen-bond donors (Lipinski definition) is 2. The minimum Gasteiger partial charge on any atom is -0.508 e. The lowest BCUT2D eigenvalue weighted by Gasteiger charge is -2.10. The van der Waals surface area contributed by atoms with Crippen LogP contribution in [-0.2, 0) is 6.54 Å². The molecule has 2 aromatic carbocycles. The van der Waals surface area contributed by atoms with Gasteiger partial charge in [-0.25, -0.2) is 0 Å². The lowest BCUT2D eigenvalue weighted by Crippen LogP contribution is -2.00. The number of phenols is 1. The summed E-state index contributed by atoms with van der Waals surface area (Å²) in [7, 11) is 0. The molecule has 0 saturated carbocycles. The van der Waals surface area contributed by atoms with Gasteiger partial charge in [-0.1, -0.05) is 41.4 Å². The molecule has 0 saturated heterocycles. The van der Waals surface area contributed by atoms with Gasteiger partial charge in [-0.05, 0) is 30.2 Å². The maximum absolute atomic E-state index is 9.61. The van der Waals surface area contributed by atoms with Crippen LogP contribution in [0, 0.1) is 6.92 Å². The molecule has 0 aromatic heterocycles. The molecule has 0 atom stereocenters. The van der Waals surface area contributed by atoms with E-state index in [2.05, 4.69) is 5.32 Å². The van der Waals surface area contributed by atoms with Crippen LogP contribution in [0.3, 0.4) is 0 Å². The van der Waals surface area contributed by atoms with Crippen molar-refractivity contribution in [1.82, 2.24) is 0 Å². The average molecular weight is 282 g/mol. The molecular formula is C14H13Cl2NO. The van der Waals surface area contributed by atoms with Gasteiger partial charge in [-0.15, -0.1) is 0 Å². The third kappa shape index (κ3) is 2.89. The fourth-order valence-electron chi connectivity index (χ4n) is 1.60. The summed E-state index contributed by atoms with van der Waals surface area (Å²) in [6.07, 6.45) is 0. The van der Waals surface area contributed by atoms with E-state index in [0.717, 1.165) is 16.8 Å². The van der Waals surface area contributed by atoms with E-state index in [1.54, 1.807) is 12.1 Å². The monoisotopic (exact) mass is 281 g/mol. The highest BCUT2D eigenvalue weighted by molar-refractivity contribution is 6.42. The summed E-state index contributed by atoms with van der Waals surface area (Å²) in [6, 6.07) is 11.0. The van der Waals surface area contributed by atoms with E-state index >= 15 is 0 Å². The Bertz CT molecular complexity index is 570. The van der Waals surface area contributed by atoms with Gasteiger partial charge in [0, 0.05) is 18.3 Å². The predicted octanol–water partition coefficient (Wildman–Crippen LogP) is 4.62. The van der Waals surface area contributed by atoms with Crippen LogP contribution in [0.4, 0.5) is 5.69 Å². The average Bonchev–Trinajstić information content (AvgIpc) is 2.35. The highest BCUT2D eigenvalue weighted by atomic mass is 35.5. The summed E-state index contributed by atoms with van der Waals surface area (Å²) in [6.45, 7) is 2.41. The fraction of sp³-hybridized carbons (Fsp3) is 0.143. The number of hydrogen-bond acceptors (Lipinski definition) is 2. The molecule has 0 unspecified atom stereocenters. The first-order chi connectivity index (χ1) is 8.58. The van der Waals surface area contributed by atoms with Gasteiger partial charge >= 0.3 is 0 Å². The molecule has 94 valence electrons. The maximum Gasteiger partial charge on any atom is 0.120 e. The van der Waals surface area contributed by atoms with E-state index in [9.17, 15) is 5.11 Å². The summed E-state index contributed by atoms with van der Waals surface area (Å²) in [5.74, 6) is 0.275. The summed E-state index contributed by atoms with van der Waals surface area (Å²) in [5, 5.41) is 13.9. The minimum atomic E-state index is 0.275. The zero-order valence-electron chi connectivity index (χ0n) is 9.87. The number of anilines is 1. The Hall–Kier alpha value is -1.38. The van der Waals surface area contributed by atoms with Crippen molar-refractivity contribution in [3.8, 4) is 5.75 Å². The van der Waals surface area contributed by atoms with Gasteiger partial charge in [0.25, 0.3) is 0 Å². The molecule has 2 aromatic rings. The van der Waals surface area contributed by atoms with Crippen LogP contribution in [0.2, 0.25) is 10.0 Å². The molecule has 2 nitrogen and oxygen atoms in total. The molecule has 0 spiro atoms. The Morgan fingerprint density at radius 3 is 2.67 bits per heavy atom. The number of aryl methyl sites for hydroxylation is 1. The molecule has 0 radical (unpaired) electrons. The zero-order chi connectivity index (χ0) is 13.1. The van der Waals surface area contributed by atoms with Crippen LogP contribution in [-0.4, -0.2) is 5.11 Å². The Labute approximate surface area is 116 Å². The molecule has 4 heteroatoms. The minimum absolute atomic E-state index is 0.275. The number of aromatic hydroxyl groups is 1. The largest absolute Gasteiger partial charge is 0.508 e. The Balaban J connectivity index is 2.11. The van der Waals surface area contributed by atoms with Gasteiger partial charge in [0.15, 0.2) is 0 Å². The van der Waals surface area contributed by atoms with Crippen molar-refractivity contribution >= 4 is 28.9 Å². The third-order valence-corrected chi connectivity index (χ3v) is 3.58. The van der Waals surface area contributed by atoms with Crippen LogP contribution in [0.15, 0.2) is 36.4 Å². The van der Waals surface area contributed by atoms with Crippen molar-refractivity contribution in [2.24, 2.45) is 0 Å². The molecule has 0 aliphatic heterocycles. The van der Waals surface area contributed by atoms with E-state index in [1.165, 1.54) is 0 Å². The van der Waals surface area contributed by atoms with E-state index in [-0.39, 0.29) is 5.75 Å². The number of benzene rings is 2. The second-order valence-corrected chi connectivity index (χ2v) is 4.85. The Morgan fingerprint density at radius 1 is 1.17 bits per heavy atom. The van der Waals surface area contributed by atoms with E-state index in [4.69, 9.17) is 23.2 Å². The summed E-state index contributed by atoms with van der Waals surface area (Å²) in [5.41, 5.74) is 2.61. The number of nitrogens with one attached hydrogen (secondary N) is 1. The summed E-state index contributed by atoms with van der Waals surface area (Å²) >= 11 is 12.0. The lowest BCUT2D eigenvalue weighted by molar-refractivity contribution is 0.471. The van der Waals surface area contributed by atoms with Gasteiger partial charge in [-0.2, -0.15) is 0 Å². The highest BCUT2D eigenvalue weighted by Gasteiger charge is 2.04. The maximum atomic E-state index is 9.61. The quantitative estimate of drug-likeness (QED) is 0.861. The molecule has 0 aliphatic carbocycles. The second kappa shape index (κ2) is 5.51. The molecule has 2 rings (SSSR count). The first kappa shape index (κ1) is 13.1. The normalized spacial score (nSPS) is 10.4. The van der Waals surface area contributed by atoms with Gasteiger partial charge < -0.3 is 10.4 Å². The summed E-state index contributed by atoms with van der Waals surface area (Å²) in [4.78, 5) is 0. The van der Waals surface area contributed by atoms with Gasteiger partial charge in [0.2, 0.25) is 0 Å². The van der Waals surface area contributed by atoms with Crippen LogP contribution in [0.5, 0.6) is 5.75 Å².